The molecular weight excluding hydrogens is 274 g/mol. The van der Waals surface area contributed by atoms with E-state index in [-0.39, 0.29) is 17.5 Å². The zero-order valence-electron chi connectivity index (χ0n) is 13.0. The summed E-state index contributed by atoms with van der Waals surface area (Å²) in [5, 5.41) is 0. The van der Waals surface area contributed by atoms with E-state index in [2.05, 4.69) is 0 Å². The second-order valence-electron chi connectivity index (χ2n) is 5.68. The summed E-state index contributed by atoms with van der Waals surface area (Å²) in [6, 6.07) is 2.29. The van der Waals surface area contributed by atoms with Crippen LogP contribution in [0.4, 0.5) is 8.78 Å². The predicted molar refractivity (Wildman–Crippen MR) is 79.5 cm³/mol. The Bertz CT molecular complexity index is 470. The molecule has 4 heteroatoms. The van der Waals surface area contributed by atoms with Crippen LogP contribution in [0.2, 0.25) is 0 Å². The van der Waals surface area contributed by atoms with Gasteiger partial charge in [0.2, 0.25) is 0 Å². The highest BCUT2D eigenvalue weighted by Crippen LogP contribution is 2.24. The third kappa shape index (κ3) is 6.23. The third-order valence-electron chi connectivity index (χ3n) is 3.20. The highest BCUT2D eigenvalue weighted by atomic mass is 19.1. The lowest BCUT2D eigenvalue weighted by Gasteiger charge is -2.12. The average molecular weight is 298 g/mol. The molecule has 2 nitrogen and oxygen atoms in total. The van der Waals surface area contributed by atoms with E-state index in [1.54, 1.807) is 0 Å². The highest BCUT2D eigenvalue weighted by molar-refractivity contribution is 5.77. The van der Waals surface area contributed by atoms with Gasteiger partial charge in [0.25, 0.3) is 0 Å². The lowest BCUT2D eigenvalue weighted by Crippen LogP contribution is -2.07. The van der Waals surface area contributed by atoms with Crippen LogP contribution in [-0.4, -0.2) is 12.4 Å². The molecule has 0 fully saturated rings. The number of ether oxygens (including phenoxy) is 1. The number of halogens is 2. The molecule has 0 radical (unpaired) electrons. The van der Waals surface area contributed by atoms with Crippen molar-refractivity contribution >= 4 is 5.78 Å². The Morgan fingerprint density at radius 1 is 1.24 bits per heavy atom. The van der Waals surface area contributed by atoms with Crippen LogP contribution in [0.25, 0.3) is 0 Å². The molecular formula is C17H24F2O2. The second-order valence-corrected chi connectivity index (χ2v) is 5.68. The molecule has 1 aromatic carbocycles. The summed E-state index contributed by atoms with van der Waals surface area (Å²) in [5.41, 5.74) is 0.317. The molecule has 0 heterocycles. The molecule has 0 aliphatic carbocycles. The number of hydrogen-bond donors (Lipinski definition) is 0. The summed E-state index contributed by atoms with van der Waals surface area (Å²) in [5.74, 6) is -0.552. The van der Waals surface area contributed by atoms with Gasteiger partial charge < -0.3 is 4.74 Å². The number of carbonyl (C=O) groups is 1. The van der Waals surface area contributed by atoms with Gasteiger partial charge in [0, 0.05) is 18.9 Å². The van der Waals surface area contributed by atoms with Crippen LogP contribution in [0.5, 0.6) is 5.75 Å². The molecule has 0 amide bonds. The molecule has 0 spiro atoms. The quantitative estimate of drug-likeness (QED) is 0.618. The van der Waals surface area contributed by atoms with Crippen LogP contribution in [0.1, 0.15) is 52.0 Å². The number of Topliss-reactive ketones (excluding diaryl/α,β-unsaturated/α-hetero) is 1. The maximum Gasteiger partial charge on any atom is 0.168 e. The number of hydrogen-bond acceptors (Lipinski definition) is 2. The normalized spacial score (nSPS) is 11.0. The van der Waals surface area contributed by atoms with Crippen molar-refractivity contribution < 1.29 is 18.3 Å². The number of rotatable bonds is 9. The number of unbranched alkanes of at least 4 members (excludes halogenated alkanes) is 1. The molecule has 1 rings (SSSR count). The smallest absolute Gasteiger partial charge is 0.168 e. The number of carbonyl (C=O) groups excluding carboxylic acids is 1. The van der Waals surface area contributed by atoms with Crippen molar-refractivity contribution in [3.05, 3.63) is 29.3 Å². The van der Waals surface area contributed by atoms with Gasteiger partial charge in [-0.3, -0.25) is 4.79 Å². The number of ketones is 1. The van der Waals surface area contributed by atoms with E-state index in [0.29, 0.717) is 44.3 Å². The monoisotopic (exact) mass is 298 g/mol. The fraction of sp³-hybridized carbons (Fsp3) is 0.588. The minimum Gasteiger partial charge on any atom is -0.490 e. The lowest BCUT2D eigenvalue weighted by molar-refractivity contribution is -0.118. The van der Waals surface area contributed by atoms with Crippen LogP contribution in [0, 0.1) is 17.6 Å². The van der Waals surface area contributed by atoms with Gasteiger partial charge in [0.1, 0.15) is 11.6 Å². The third-order valence-corrected chi connectivity index (χ3v) is 3.20. The molecule has 0 bridgehead atoms. The molecule has 0 saturated carbocycles. The van der Waals surface area contributed by atoms with Crippen LogP contribution < -0.4 is 4.74 Å². The summed E-state index contributed by atoms with van der Waals surface area (Å²) < 4.78 is 33.0. The molecule has 21 heavy (non-hydrogen) atoms. The van der Waals surface area contributed by atoms with Crippen molar-refractivity contribution in [2.75, 3.05) is 6.61 Å². The van der Waals surface area contributed by atoms with Crippen molar-refractivity contribution in [3.8, 4) is 5.75 Å². The SMILES string of the molecule is CCC(=O)CCCCc1cc(F)cc(OCC(C)C)c1F. The molecule has 0 unspecified atom stereocenters. The zero-order chi connectivity index (χ0) is 15.8. The van der Waals surface area contributed by atoms with E-state index in [1.807, 2.05) is 20.8 Å². The molecule has 0 atom stereocenters. The first-order valence-corrected chi connectivity index (χ1v) is 7.56. The van der Waals surface area contributed by atoms with Crippen LogP contribution in [0.15, 0.2) is 12.1 Å². The van der Waals surface area contributed by atoms with Gasteiger partial charge in [0.05, 0.1) is 6.61 Å². The fourth-order valence-electron chi connectivity index (χ4n) is 1.98. The number of aryl methyl sites for hydroxylation is 1. The highest BCUT2D eigenvalue weighted by Gasteiger charge is 2.13. The molecule has 1 aromatic rings. The molecule has 0 saturated heterocycles. The summed E-state index contributed by atoms with van der Waals surface area (Å²) in [6.07, 6.45) is 2.81. The first kappa shape index (κ1) is 17.6. The van der Waals surface area contributed by atoms with E-state index < -0.39 is 11.6 Å². The Morgan fingerprint density at radius 3 is 2.57 bits per heavy atom. The van der Waals surface area contributed by atoms with Crippen LogP contribution in [0.3, 0.4) is 0 Å². The molecule has 118 valence electrons. The zero-order valence-corrected chi connectivity index (χ0v) is 13.0. The van der Waals surface area contributed by atoms with Gasteiger partial charge in [-0.25, -0.2) is 8.78 Å². The summed E-state index contributed by atoms with van der Waals surface area (Å²) in [4.78, 5) is 11.2. The maximum absolute atomic E-state index is 14.2. The Hall–Kier alpha value is -1.45. The van der Waals surface area contributed by atoms with E-state index in [1.165, 1.54) is 6.07 Å². The Morgan fingerprint density at radius 2 is 1.95 bits per heavy atom. The van der Waals surface area contributed by atoms with Crippen LogP contribution >= 0.6 is 0 Å². The minimum atomic E-state index is -0.491. The van der Waals surface area contributed by atoms with Crippen molar-refractivity contribution in [1.82, 2.24) is 0 Å². The second kappa shape index (κ2) is 8.75. The first-order valence-electron chi connectivity index (χ1n) is 7.56. The summed E-state index contributed by atoms with van der Waals surface area (Å²) in [7, 11) is 0. The largest absolute Gasteiger partial charge is 0.490 e. The van der Waals surface area contributed by atoms with Gasteiger partial charge in [-0.2, -0.15) is 0 Å². The fourth-order valence-corrected chi connectivity index (χ4v) is 1.98. The van der Waals surface area contributed by atoms with E-state index >= 15 is 0 Å². The summed E-state index contributed by atoms with van der Waals surface area (Å²) in [6.45, 7) is 6.07. The van der Waals surface area contributed by atoms with Crippen molar-refractivity contribution in [2.24, 2.45) is 5.92 Å². The topological polar surface area (TPSA) is 26.3 Å². The Labute approximate surface area is 125 Å². The molecule has 0 aliphatic rings. The minimum absolute atomic E-state index is 0.0247. The van der Waals surface area contributed by atoms with Gasteiger partial charge in [-0.05, 0) is 36.8 Å². The predicted octanol–water partition coefficient (Wildman–Crippen LogP) is 4.69. The van der Waals surface area contributed by atoms with E-state index in [9.17, 15) is 13.6 Å². The van der Waals surface area contributed by atoms with Crippen molar-refractivity contribution in [2.45, 2.75) is 52.9 Å². The van der Waals surface area contributed by atoms with Gasteiger partial charge in [0.15, 0.2) is 11.6 Å². The van der Waals surface area contributed by atoms with Crippen LogP contribution in [-0.2, 0) is 11.2 Å². The average Bonchev–Trinajstić information content (AvgIpc) is 2.44. The summed E-state index contributed by atoms with van der Waals surface area (Å²) >= 11 is 0. The molecule has 0 aliphatic heterocycles. The van der Waals surface area contributed by atoms with Gasteiger partial charge in [-0.1, -0.05) is 20.8 Å². The Balaban J connectivity index is 2.62. The van der Waals surface area contributed by atoms with Crippen molar-refractivity contribution in [3.63, 3.8) is 0 Å². The molecule has 0 aromatic heterocycles. The van der Waals surface area contributed by atoms with E-state index in [4.69, 9.17) is 4.74 Å². The van der Waals surface area contributed by atoms with Gasteiger partial charge >= 0.3 is 0 Å². The standard InChI is InChI=1S/C17H24F2O2/c1-4-15(20)8-6-5-7-13-9-14(18)10-16(17(13)19)21-11-12(2)3/h9-10,12H,4-8,11H2,1-3H3. The lowest BCUT2D eigenvalue weighted by atomic mass is 10.0. The Kier molecular flexibility index (Phi) is 7.34. The first-order chi connectivity index (χ1) is 9.93. The van der Waals surface area contributed by atoms with Crippen molar-refractivity contribution in [1.29, 1.82) is 0 Å². The molecule has 0 N–H and O–H groups in total. The number of benzene rings is 1. The van der Waals surface area contributed by atoms with Gasteiger partial charge in [-0.15, -0.1) is 0 Å². The van der Waals surface area contributed by atoms with E-state index in [0.717, 1.165) is 6.07 Å². The maximum atomic E-state index is 14.2.